The van der Waals surface area contributed by atoms with Gasteiger partial charge in [-0.1, -0.05) is 45.3 Å². The van der Waals surface area contributed by atoms with Crippen molar-refractivity contribution in [2.45, 2.75) is 115 Å². The van der Waals surface area contributed by atoms with Crippen molar-refractivity contribution in [3.63, 3.8) is 0 Å². The van der Waals surface area contributed by atoms with Gasteiger partial charge in [0.25, 0.3) is 0 Å². The van der Waals surface area contributed by atoms with Crippen LogP contribution >= 0.6 is 0 Å². The third kappa shape index (κ3) is 7.74. The van der Waals surface area contributed by atoms with E-state index in [4.69, 9.17) is 21.2 Å². The average Bonchev–Trinajstić information content (AvgIpc) is 3.25. The summed E-state index contributed by atoms with van der Waals surface area (Å²) in [6, 6.07) is 0.875. The van der Waals surface area contributed by atoms with Gasteiger partial charge in [-0.15, -0.1) is 0 Å². The molecule has 3 aliphatic heterocycles. The quantitative estimate of drug-likeness (QED) is 0.105. The van der Waals surface area contributed by atoms with E-state index in [1.54, 1.807) is 0 Å². The van der Waals surface area contributed by atoms with Crippen molar-refractivity contribution in [1.82, 2.24) is 10.2 Å². The smallest absolute Gasteiger partial charge is 0.337 e. The highest BCUT2D eigenvalue weighted by molar-refractivity contribution is 5.96. The monoisotopic (exact) mass is 486 g/mol. The van der Waals surface area contributed by atoms with Crippen molar-refractivity contribution in [3.05, 3.63) is 23.4 Å². The van der Waals surface area contributed by atoms with Gasteiger partial charge < -0.3 is 26.4 Å². The molecule has 3 heterocycles. The molecule has 1 saturated heterocycles. The molecule has 5 N–H and O–H groups in total. The fourth-order valence-corrected chi connectivity index (χ4v) is 5.37. The number of esters is 1. The van der Waals surface area contributed by atoms with Crippen LogP contribution in [0.1, 0.15) is 97.3 Å². The number of ether oxygens (including phenoxy) is 1. The molecule has 35 heavy (non-hydrogen) atoms. The topological polar surface area (TPSA) is 118 Å². The number of aliphatic imine (C=N–C) groups is 2. The average molecular weight is 487 g/mol. The number of carbonyl (C=O) groups excluding carboxylic acids is 1. The summed E-state index contributed by atoms with van der Waals surface area (Å²) in [7, 11) is 0. The Morgan fingerprint density at radius 2 is 1.97 bits per heavy atom. The Morgan fingerprint density at radius 3 is 2.74 bits per heavy atom. The second-order valence-corrected chi connectivity index (χ2v) is 9.96. The van der Waals surface area contributed by atoms with Crippen LogP contribution in [0.4, 0.5) is 0 Å². The van der Waals surface area contributed by atoms with Gasteiger partial charge in [-0.25, -0.2) is 9.79 Å². The van der Waals surface area contributed by atoms with Gasteiger partial charge in [0, 0.05) is 18.3 Å². The maximum atomic E-state index is 13.3. The van der Waals surface area contributed by atoms with Gasteiger partial charge in [-0.05, 0) is 64.2 Å². The number of carbonyl (C=O) groups is 1. The maximum Gasteiger partial charge on any atom is 0.337 e. The number of rotatable bonds is 15. The van der Waals surface area contributed by atoms with E-state index in [0.29, 0.717) is 25.2 Å². The molecule has 3 atom stereocenters. The molecule has 8 heteroatoms. The van der Waals surface area contributed by atoms with E-state index in [-0.39, 0.29) is 18.0 Å². The lowest BCUT2D eigenvalue weighted by molar-refractivity contribution is -0.140. The molecular weight excluding hydrogens is 440 g/mol. The predicted octanol–water partition coefficient (Wildman–Crippen LogP) is 4.12. The largest absolute Gasteiger partial charge is 0.462 e. The Bertz CT molecular complexity index is 814. The van der Waals surface area contributed by atoms with Crippen LogP contribution in [0.5, 0.6) is 0 Å². The normalized spacial score (nSPS) is 23.2. The molecule has 1 fully saturated rings. The molecule has 0 amide bonds. The Kier molecular flexibility index (Phi) is 10.9. The van der Waals surface area contributed by atoms with Gasteiger partial charge in [0.15, 0.2) is 11.9 Å². The van der Waals surface area contributed by atoms with E-state index in [9.17, 15) is 4.79 Å². The van der Waals surface area contributed by atoms with E-state index in [2.05, 4.69) is 41.2 Å². The van der Waals surface area contributed by atoms with Crippen LogP contribution in [0.15, 0.2) is 33.4 Å². The first-order valence-corrected chi connectivity index (χ1v) is 13.8. The zero-order chi connectivity index (χ0) is 25.0. The highest BCUT2D eigenvalue weighted by Crippen LogP contribution is 2.39. The van der Waals surface area contributed by atoms with Crippen molar-refractivity contribution in [2.75, 3.05) is 13.2 Å². The molecule has 3 unspecified atom stereocenters. The van der Waals surface area contributed by atoms with Gasteiger partial charge in [0.2, 0.25) is 0 Å². The molecule has 3 aliphatic rings. The van der Waals surface area contributed by atoms with Crippen LogP contribution in [0.25, 0.3) is 0 Å². The molecule has 8 nitrogen and oxygen atoms in total. The first-order valence-electron chi connectivity index (χ1n) is 13.8. The van der Waals surface area contributed by atoms with Crippen molar-refractivity contribution in [1.29, 1.82) is 0 Å². The lowest BCUT2D eigenvalue weighted by atomic mass is 9.96. The summed E-state index contributed by atoms with van der Waals surface area (Å²) in [4.78, 5) is 24.8. The van der Waals surface area contributed by atoms with E-state index < -0.39 is 0 Å². The number of hydrogen-bond acceptors (Lipinski definition) is 6. The summed E-state index contributed by atoms with van der Waals surface area (Å²) < 4.78 is 5.74. The highest BCUT2D eigenvalue weighted by Gasteiger charge is 2.47. The molecule has 0 spiro atoms. The maximum absolute atomic E-state index is 13.3. The highest BCUT2D eigenvalue weighted by atomic mass is 16.5. The van der Waals surface area contributed by atoms with Gasteiger partial charge in [0.05, 0.1) is 24.3 Å². The molecule has 0 bridgehead atoms. The van der Waals surface area contributed by atoms with Crippen molar-refractivity contribution < 1.29 is 9.53 Å². The minimum Gasteiger partial charge on any atom is -0.462 e. The lowest BCUT2D eigenvalue weighted by Crippen LogP contribution is -2.57. The van der Waals surface area contributed by atoms with Gasteiger partial charge in [0.1, 0.15) is 0 Å². The molecule has 0 aromatic carbocycles. The Morgan fingerprint density at radius 1 is 1.14 bits per heavy atom. The summed E-state index contributed by atoms with van der Waals surface area (Å²) >= 11 is 0. The van der Waals surface area contributed by atoms with E-state index in [1.807, 2.05) is 0 Å². The molecule has 0 saturated carbocycles. The summed E-state index contributed by atoms with van der Waals surface area (Å²) in [5.74, 6) is 0.896. The van der Waals surface area contributed by atoms with E-state index in [1.165, 1.54) is 6.42 Å². The van der Waals surface area contributed by atoms with Crippen LogP contribution in [-0.4, -0.2) is 54.1 Å². The molecule has 0 aliphatic carbocycles. The third-order valence-electron chi connectivity index (χ3n) is 7.14. The summed E-state index contributed by atoms with van der Waals surface area (Å²) in [6.07, 6.45) is 18.0. The Labute approximate surface area is 211 Å². The third-order valence-corrected chi connectivity index (χ3v) is 7.14. The lowest BCUT2D eigenvalue weighted by Gasteiger charge is -2.43. The minimum absolute atomic E-state index is 0.0798. The van der Waals surface area contributed by atoms with Gasteiger partial charge in [-0.3, -0.25) is 4.99 Å². The summed E-state index contributed by atoms with van der Waals surface area (Å²) in [5.41, 5.74) is 12.6. The molecule has 0 aromatic rings. The van der Waals surface area contributed by atoms with Crippen LogP contribution in [0.3, 0.4) is 0 Å². The van der Waals surface area contributed by atoms with E-state index in [0.717, 1.165) is 94.3 Å². The summed E-state index contributed by atoms with van der Waals surface area (Å²) in [5, 5.41) is 3.60. The second kappa shape index (κ2) is 14.1. The number of guanidine groups is 2. The number of nitrogens with one attached hydrogen (secondary N) is 1. The Balaban J connectivity index is 1.68. The molecular formula is C27H46N6O2. The minimum atomic E-state index is -0.182. The van der Waals surface area contributed by atoms with Gasteiger partial charge >= 0.3 is 5.97 Å². The first kappa shape index (κ1) is 27.1. The molecule has 3 rings (SSSR count). The van der Waals surface area contributed by atoms with Crippen molar-refractivity contribution in [2.24, 2.45) is 21.5 Å². The second-order valence-electron chi connectivity index (χ2n) is 9.96. The zero-order valence-corrected chi connectivity index (χ0v) is 21.8. The number of unbranched alkanes of at least 4 members (excludes halogenated alkanes) is 4. The van der Waals surface area contributed by atoms with E-state index >= 15 is 0 Å². The Hall–Kier alpha value is -2.51. The van der Waals surface area contributed by atoms with Crippen LogP contribution in [-0.2, 0) is 9.53 Å². The summed E-state index contributed by atoms with van der Waals surface area (Å²) in [6.45, 7) is 5.35. The SMILES string of the molecule is CCCC=CCCC1CC2CCC3C(C(=O)OCCCCN=C(N)N)=C(CCCCC)NC(=N1)N23. The first-order chi connectivity index (χ1) is 17.0. The zero-order valence-electron chi connectivity index (χ0n) is 21.8. The van der Waals surface area contributed by atoms with Crippen LogP contribution in [0.2, 0.25) is 0 Å². The molecule has 0 aromatic heterocycles. The van der Waals surface area contributed by atoms with Crippen LogP contribution in [0, 0.1) is 0 Å². The molecule has 196 valence electrons. The van der Waals surface area contributed by atoms with Gasteiger partial charge in [-0.2, -0.15) is 0 Å². The van der Waals surface area contributed by atoms with Crippen molar-refractivity contribution >= 4 is 17.9 Å². The number of hydrogen-bond donors (Lipinski definition) is 3. The molecule has 0 radical (unpaired) electrons. The fraction of sp³-hybridized carbons (Fsp3) is 0.741. The number of nitrogens with zero attached hydrogens (tertiary/aromatic N) is 3. The fourth-order valence-electron chi connectivity index (χ4n) is 5.37. The standard InChI is InChI=1S/C27H46N6O2/c1-3-5-7-8-10-13-20-19-21-15-16-23-24(25(34)35-18-12-11-17-30-26(28)29)22(14-9-6-4-2)32-27(31-20)33(21)23/h7-8,20-21,23H,3-6,9-19H2,1-2H3,(H,31,32)(H4,28,29,30). The number of allylic oxidation sites excluding steroid dienone is 3. The van der Waals surface area contributed by atoms with Crippen molar-refractivity contribution in [3.8, 4) is 0 Å². The van der Waals surface area contributed by atoms with Crippen LogP contribution < -0.4 is 16.8 Å². The number of nitrogens with two attached hydrogens (primary N) is 2. The predicted molar refractivity (Wildman–Crippen MR) is 143 cm³/mol.